The van der Waals surface area contributed by atoms with Crippen molar-refractivity contribution in [3.63, 3.8) is 0 Å². The molecule has 100 valence electrons. The molecule has 0 spiro atoms. The van der Waals surface area contributed by atoms with Gasteiger partial charge in [-0.15, -0.1) is 11.3 Å². The number of rotatable bonds is 4. The van der Waals surface area contributed by atoms with Crippen molar-refractivity contribution in [2.45, 2.75) is 32.4 Å². The first kappa shape index (κ1) is 12.6. The Balaban J connectivity index is 1.90. The lowest BCUT2D eigenvalue weighted by molar-refractivity contribution is 0.909. The summed E-state index contributed by atoms with van der Waals surface area (Å²) in [5.74, 6) is 0. The van der Waals surface area contributed by atoms with Crippen molar-refractivity contribution in [3.05, 3.63) is 34.7 Å². The Hall–Kier alpha value is -1.39. The molecule has 0 unspecified atom stereocenters. The van der Waals surface area contributed by atoms with E-state index in [0.717, 1.165) is 16.4 Å². The van der Waals surface area contributed by atoms with Crippen LogP contribution < -0.4 is 10.6 Å². The fraction of sp³-hybridized carbons (Fsp3) is 0.400. The number of hydrogen-bond donors (Lipinski definition) is 1. The maximum atomic E-state index is 5.63. The molecule has 1 aromatic carbocycles. The van der Waals surface area contributed by atoms with Crippen molar-refractivity contribution < 1.29 is 0 Å². The summed E-state index contributed by atoms with van der Waals surface area (Å²) in [7, 11) is 2.15. The van der Waals surface area contributed by atoms with E-state index in [4.69, 9.17) is 10.7 Å². The number of thiazole rings is 1. The summed E-state index contributed by atoms with van der Waals surface area (Å²) in [6.45, 7) is 2.74. The highest BCUT2D eigenvalue weighted by Crippen LogP contribution is 2.36. The van der Waals surface area contributed by atoms with E-state index in [9.17, 15) is 0 Å². The second kappa shape index (κ2) is 4.94. The van der Waals surface area contributed by atoms with Gasteiger partial charge in [0.15, 0.2) is 5.13 Å². The van der Waals surface area contributed by atoms with Crippen LogP contribution in [0, 0.1) is 6.92 Å². The molecule has 19 heavy (non-hydrogen) atoms. The van der Waals surface area contributed by atoms with E-state index in [0.29, 0.717) is 12.6 Å². The molecule has 0 saturated heterocycles. The Kier molecular flexibility index (Phi) is 3.29. The number of aromatic nitrogens is 1. The zero-order valence-electron chi connectivity index (χ0n) is 11.4. The van der Waals surface area contributed by atoms with E-state index in [1.54, 1.807) is 11.3 Å². The van der Waals surface area contributed by atoms with Crippen LogP contribution in [0.3, 0.4) is 0 Å². The van der Waals surface area contributed by atoms with Crippen LogP contribution in [0.15, 0.2) is 24.3 Å². The molecular formula is C15H19N3S. The molecule has 1 aliphatic carbocycles. The Morgan fingerprint density at radius 3 is 2.58 bits per heavy atom. The molecule has 0 radical (unpaired) electrons. The van der Waals surface area contributed by atoms with Gasteiger partial charge in [-0.3, -0.25) is 0 Å². The van der Waals surface area contributed by atoms with Gasteiger partial charge in [0.25, 0.3) is 0 Å². The highest BCUT2D eigenvalue weighted by atomic mass is 32.1. The van der Waals surface area contributed by atoms with E-state index in [1.165, 1.54) is 23.3 Å². The van der Waals surface area contributed by atoms with Crippen LogP contribution in [-0.2, 0) is 6.54 Å². The minimum Gasteiger partial charge on any atom is -0.348 e. The first-order valence-corrected chi connectivity index (χ1v) is 7.50. The summed E-state index contributed by atoms with van der Waals surface area (Å²) in [6.07, 6.45) is 2.60. The third-order valence-electron chi connectivity index (χ3n) is 3.64. The van der Waals surface area contributed by atoms with E-state index in [-0.39, 0.29) is 0 Å². The predicted octanol–water partition coefficient (Wildman–Crippen LogP) is 3.18. The largest absolute Gasteiger partial charge is 0.348 e. The molecule has 2 aromatic rings. The highest BCUT2D eigenvalue weighted by Gasteiger charge is 2.28. The number of anilines is 1. The van der Waals surface area contributed by atoms with Gasteiger partial charge in [0.05, 0.1) is 5.69 Å². The normalized spacial score (nSPS) is 14.7. The minimum atomic E-state index is 0.589. The summed E-state index contributed by atoms with van der Waals surface area (Å²) in [5.41, 5.74) is 9.08. The van der Waals surface area contributed by atoms with Gasteiger partial charge in [-0.1, -0.05) is 24.3 Å². The molecule has 0 aliphatic heterocycles. The van der Waals surface area contributed by atoms with Crippen LogP contribution in [-0.4, -0.2) is 18.1 Å². The van der Waals surface area contributed by atoms with Gasteiger partial charge in [-0.05, 0) is 25.3 Å². The van der Waals surface area contributed by atoms with Crippen molar-refractivity contribution in [3.8, 4) is 11.3 Å². The Labute approximate surface area is 118 Å². The van der Waals surface area contributed by atoms with Crippen molar-refractivity contribution in [1.82, 2.24) is 4.98 Å². The monoisotopic (exact) mass is 273 g/mol. The molecule has 0 bridgehead atoms. The van der Waals surface area contributed by atoms with Crippen LogP contribution in [0.1, 0.15) is 23.3 Å². The summed E-state index contributed by atoms with van der Waals surface area (Å²) < 4.78 is 0. The van der Waals surface area contributed by atoms with E-state index in [2.05, 4.69) is 43.1 Å². The Morgan fingerprint density at radius 1 is 1.32 bits per heavy atom. The lowest BCUT2D eigenvalue weighted by Crippen LogP contribution is -2.18. The zero-order chi connectivity index (χ0) is 13.4. The Morgan fingerprint density at radius 2 is 2.00 bits per heavy atom. The molecule has 1 fully saturated rings. The fourth-order valence-corrected chi connectivity index (χ4v) is 3.18. The lowest BCUT2D eigenvalue weighted by Gasteiger charge is -2.13. The number of nitrogens with two attached hydrogens (primary N) is 1. The van der Waals surface area contributed by atoms with Gasteiger partial charge < -0.3 is 10.6 Å². The maximum Gasteiger partial charge on any atom is 0.186 e. The average Bonchev–Trinajstić information content (AvgIpc) is 3.21. The van der Waals surface area contributed by atoms with E-state index in [1.807, 2.05) is 0 Å². The van der Waals surface area contributed by atoms with Crippen LogP contribution in [0.25, 0.3) is 11.3 Å². The Bertz CT molecular complexity index is 570. The minimum absolute atomic E-state index is 0.589. The molecule has 1 saturated carbocycles. The standard InChI is InChI=1S/C15H19N3S/c1-10-14(12-5-3-11(9-16)4-6-12)17-15(19-10)18(2)13-7-8-13/h3-6,13H,7-9,16H2,1-2H3. The molecular weight excluding hydrogens is 254 g/mol. The second-order valence-electron chi connectivity index (χ2n) is 5.14. The predicted molar refractivity (Wildman–Crippen MR) is 81.6 cm³/mol. The van der Waals surface area contributed by atoms with Crippen molar-refractivity contribution in [2.24, 2.45) is 5.73 Å². The zero-order valence-corrected chi connectivity index (χ0v) is 12.2. The molecule has 3 rings (SSSR count). The van der Waals surface area contributed by atoms with Crippen LogP contribution >= 0.6 is 11.3 Å². The van der Waals surface area contributed by atoms with Gasteiger partial charge >= 0.3 is 0 Å². The molecule has 4 heteroatoms. The third-order valence-corrected chi connectivity index (χ3v) is 4.71. The van der Waals surface area contributed by atoms with Crippen LogP contribution in [0.5, 0.6) is 0 Å². The molecule has 0 amide bonds. The third kappa shape index (κ3) is 2.51. The number of aryl methyl sites for hydroxylation is 1. The summed E-state index contributed by atoms with van der Waals surface area (Å²) in [4.78, 5) is 8.41. The summed E-state index contributed by atoms with van der Waals surface area (Å²) >= 11 is 1.79. The number of hydrogen-bond acceptors (Lipinski definition) is 4. The maximum absolute atomic E-state index is 5.63. The fourth-order valence-electron chi connectivity index (χ4n) is 2.22. The number of benzene rings is 1. The van der Waals surface area contributed by atoms with Gasteiger partial charge in [-0.25, -0.2) is 4.98 Å². The summed E-state index contributed by atoms with van der Waals surface area (Å²) in [6, 6.07) is 9.10. The van der Waals surface area contributed by atoms with Crippen molar-refractivity contribution in [2.75, 3.05) is 11.9 Å². The first-order valence-electron chi connectivity index (χ1n) is 6.68. The van der Waals surface area contributed by atoms with Gasteiger partial charge in [0.2, 0.25) is 0 Å². The number of nitrogens with zero attached hydrogens (tertiary/aromatic N) is 2. The van der Waals surface area contributed by atoms with Gasteiger partial charge in [0, 0.05) is 30.1 Å². The van der Waals surface area contributed by atoms with Gasteiger partial charge in [-0.2, -0.15) is 0 Å². The highest BCUT2D eigenvalue weighted by molar-refractivity contribution is 7.16. The topological polar surface area (TPSA) is 42.2 Å². The SMILES string of the molecule is Cc1sc(N(C)C2CC2)nc1-c1ccc(CN)cc1. The van der Waals surface area contributed by atoms with Gasteiger partial charge in [0.1, 0.15) is 0 Å². The second-order valence-corrected chi connectivity index (χ2v) is 6.33. The first-order chi connectivity index (χ1) is 9.19. The van der Waals surface area contributed by atoms with Crippen molar-refractivity contribution in [1.29, 1.82) is 0 Å². The molecule has 1 aliphatic rings. The molecule has 2 N–H and O–H groups in total. The quantitative estimate of drug-likeness (QED) is 0.930. The van der Waals surface area contributed by atoms with E-state index >= 15 is 0 Å². The van der Waals surface area contributed by atoms with Crippen LogP contribution in [0.4, 0.5) is 5.13 Å². The molecule has 1 heterocycles. The van der Waals surface area contributed by atoms with Crippen LogP contribution in [0.2, 0.25) is 0 Å². The summed E-state index contributed by atoms with van der Waals surface area (Å²) in [5, 5.41) is 1.14. The lowest BCUT2D eigenvalue weighted by atomic mass is 10.1. The smallest absolute Gasteiger partial charge is 0.186 e. The van der Waals surface area contributed by atoms with E-state index < -0.39 is 0 Å². The average molecular weight is 273 g/mol. The van der Waals surface area contributed by atoms with Crippen molar-refractivity contribution >= 4 is 16.5 Å². The molecule has 1 aromatic heterocycles. The molecule has 0 atom stereocenters. The molecule has 3 nitrogen and oxygen atoms in total.